The van der Waals surface area contributed by atoms with E-state index in [4.69, 9.17) is 9.47 Å². The molecular formula is C16H20N2O4. The summed E-state index contributed by atoms with van der Waals surface area (Å²) in [4.78, 5) is 25.8. The van der Waals surface area contributed by atoms with Crippen LogP contribution in [-0.2, 0) is 16.1 Å². The van der Waals surface area contributed by atoms with Crippen molar-refractivity contribution in [1.29, 1.82) is 0 Å². The van der Waals surface area contributed by atoms with Crippen molar-refractivity contribution in [3.63, 3.8) is 0 Å². The summed E-state index contributed by atoms with van der Waals surface area (Å²) in [5.74, 6) is 0.406. The van der Waals surface area contributed by atoms with Gasteiger partial charge in [0.15, 0.2) is 11.5 Å². The SMILES string of the molecule is O=C(NCc1ccc2c(c1)OCO2)C(=O)N1CCCCCC1. The average molecular weight is 304 g/mol. The van der Waals surface area contributed by atoms with Gasteiger partial charge in [0.1, 0.15) is 0 Å². The van der Waals surface area contributed by atoms with Crippen molar-refractivity contribution < 1.29 is 19.1 Å². The molecule has 0 saturated carbocycles. The van der Waals surface area contributed by atoms with Crippen LogP contribution in [0.1, 0.15) is 31.2 Å². The minimum absolute atomic E-state index is 0.221. The number of ether oxygens (including phenoxy) is 2. The molecule has 1 fully saturated rings. The van der Waals surface area contributed by atoms with Crippen LogP contribution in [0.2, 0.25) is 0 Å². The number of rotatable bonds is 2. The first-order valence-corrected chi connectivity index (χ1v) is 7.70. The largest absolute Gasteiger partial charge is 0.454 e. The van der Waals surface area contributed by atoms with E-state index in [1.54, 1.807) is 11.0 Å². The molecule has 22 heavy (non-hydrogen) atoms. The Morgan fingerprint density at radius 2 is 1.77 bits per heavy atom. The molecule has 2 aliphatic rings. The molecule has 2 aliphatic heterocycles. The molecule has 1 N–H and O–H groups in total. The molecule has 3 rings (SSSR count). The Hall–Kier alpha value is -2.24. The van der Waals surface area contributed by atoms with E-state index in [9.17, 15) is 9.59 Å². The van der Waals surface area contributed by atoms with Gasteiger partial charge >= 0.3 is 11.8 Å². The number of carbonyl (C=O) groups excluding carboxylic acids is 2. The van der Waals surface area contributed by atoms with E-state index in [0.717, 1.165) is 31.2 Å². The molecule has 1 aromatic carbocycles. The Morgan fingerprint density at radius 1 is 1.05 bits per heavy atom. The van der Waals surface area contributed by atoms with Crippen LogP contribution in [0.3, 0.4) is 0 Å². The molecule has 0 unspecified atom stereocenters. The van der Waals surface area contributed by atoms with Gasteiger partial charge in [-0.25, -0.2) is 0 Å². The van der Waals surface area contributed by atoms with Crippen molar-refractivity contribution in [2.75, 3.05) is 19.9 Å². The van der Waals surface area contributed by atoms with Gasteiger partial charge in [-0.1, -0.05) is 18.9 Å². The lowest BCUT2D eigenvalue weighted by Crippen LogP contribution is -2.43. The summed E-state index contributed by atoms with van der Waals surface area (Å²) >= 11 is 0. The first-order chi connectivity index (χ1) is 10.7. The van der Waals surface area contributed by atoms with Crippen LogP contribution in [0.25, 0.3) is 0 Å². The number of benzene rings is 1. The minimum atomic E-state index is -0.542. The van der Waals surface area contributed by atoms with Crippen LogP contribution in [0.5, 0.6) is 11.5 Å². The molecule has 0 aromatic heterocycles. The zero-order chi connectivity index (χ0) is 15.4. The first kappa shape index (κ1) is 14.7. The molecule has 6 nitrogen and oxygen atoms in total. The molecule has 0 atom stereocenters. The van der Waals surface area contributed by atoms with Gasteiger partial charge in [-0.3, -0.25) is 9.59 Å². The Bertz CT molecular complexity index is 565. The third-order valence-electron chi connectivity index (χ3n) is 3.98. The highest BCUT2D eigenvalue weighted by atomic mass is 16.7. The highest BCUT2D eigenvalue weighted by Gasteiger charge is 2.22. The van der Waals surface area contributed by atoms with Gasteiger partial charge in [0.05, 0.1) is 0 Å². The van der Waals surface area contributed by atoms with E-state index in [1.165, 1.54) is 0 Å². The van der Waals surface area contributed by atoms with Crippen LogP contribution in [-0.4, -0.2) is 36.6 Å². The van der Waals surface area contributed by atoms with Gasteiger partial charge < -0.3 is 19.7 Å². The van der Waals surface area contributed by atoms with Crippen molar-refractivity contribution in [2.24, 2.45) is 0 Å². The Kier molecular flexibility index (Phi) is 4.46. The van der Waals surface area contributed by atoms with Gasteiger partial charge in [0.2, 0.25) is 6.79 Å². The van der Waals surface area contributed by atoms with Gasteiger partial charge in [-0.2, -0.15) is 0 Å². The lowest BCUT2D eigenvalue weighted by Gasteiger charge is -2.19. The van der Waals surface area contributed by atoms with Gasteiger partial charge in [-0.15, -0.1) is 0 Å². The molecule has 6 heteroatoms. The molecule has 0 bridgehead atoms. The third kappa shape index (κ3) is 3.32. The van der Waals surface area contributed by atoms with E-state index < -0.39 is 11.8 Å². The topological polar surface area (TPSA) is 67.9 Å². The fraction of sp³-hybridized carbons (Fsp3) is 0.500. The minimum Gasteiger partial charge on any atom is -0.454 e. The number of nitrogens with one attached hydrogen (secondary N) is 1. The van der Waals surface area contributed by atoms with E-state index in [-0.39, 0.29) is 6.79 Å². The zero-order valence-corrected chi connectivity index (χ0v) is 12.5. The normalized spacial score (nSPS) is 17.0. The smallest absolute Gasteiger partial charge is 0.311 e. The van der Waals surface area contributed by atoms with E-state index in [0.29, 0.717) is 31.1 Å². The monoisotopic (exact) mass is 304 g/mol. The molecule has 1 saturated heterocycles. The average Bonchev–Trinajstić information content (AvgIpc) is 2.83. The fourth-order valence-electron chi connectivity index (χ4n) is 2.73. The standard InChI is InChI=1S/C16H20N2O4/c19-15(16(20)18-7-3-1-2-4-8-18)17-10-12-5-6-13-14(9-12)22-11-21-13/h5-6,9H,1-4,7-8,10-11H2,(H,17,19). The quantitative estimate of drug-likeness (QED) is 0.839. The molecule has 2 heterocycles. The summed E-state index contributed by atoms with van der Waals surface area (Å²) in [6.07, 6.45) is 4.20. The highest BCUT2D eigenvalue weighted by Crippen LogP contribution is 2.32. The molecule has 2 amide bonds. The van der Waals surface area contributed by atoms with Crippen LogP contribution in [0.15, 0.2) is 18.2 Å². The maximum absolute atomic E-state index is 12.1. The van der Waals surface area contributed by atoms with Crippen LogP contribution < -0.4 is 14.8 Å². The van der Waals surface area contributed by atoms with Gasteiger partial charge in [0, 0.05) is 19.6 Å². The second kappa shape index (κ2) is 6.68. The van der Waals surface area contributed by atoms with Crippen molar-refractivity contribution in [2.45, 2.75) is 32.2 Å². The predicted octanol–water partition coefficient (Wildman–Crippen LogP) is 1.43. The number of fused-ring (bicyclic) bond motifs is 1. The van der Waals surface area contributed by atoms with Gasteiger partial charge in [-0.05, 0) is 30.5 Å². The molecule has 0 radical (unpaired) electrons. The van der Waals surface area contributed by atoms with E-state index in [1.807, 2.05) is 12.1 Å². The number of carbonyl (C=O) groups is 2. The maximum Gasteiger partial charge on any atom is 0.311 e. The molecule has 118 valence electrons. The van der Waals surface area contributed by atoms with E-state index in [2.05, 4.69) is 5.32 Å². The van der Waals surface area contributed by atoms with Crippen LogP contribution >= 0.6 is 0 Å². The van der Waals surface area contributed by atoms with Gasteiger partial charge in [0.25, 0.3) is 0 Å². The molecule has 0 aliphatic carbocycles. The number of hydrogen-bond donors (Lipinski definition) is 1. The second-order valence-corrected chi connectivity index (χ2v) is 5.58. The zero-order valence-electron chi connectivity index (χ0n) is 12.5. The predicted molar refractivity (Wildman–Crippen MR) is 79.5 cm³/mol. The highest BCUT2D eigenvalue weighted by molar-refractivity contribution is 6.34. The van der Waals surface area contributed by atoms with Crippen molar-refractivity contribution >= 4 is 11.8 Å². The Morgan fingerprint density at radius 3 is 2.55 bits per heavy atom. The summed E-state index contributed by atoms with van der Waals surface area (Å²) in [7, 11) is 0. The number of hydrogen-bond acceptors (Lipinski definition) is 4. The molecule has 0 spiro atoms. The summed E-state index contributed by atoms with van der Waals surface area (Å²) in [6, 6.07) is 5.48. The van der Waals surface area contributed by atoms with E-state index >= 15 is 0 Å². The fourth-order valence-corrected chi connectivity index (χ4v) is 2.73. The second-order valence-electron chi connectivity index (χ2n) is 5.58. The summed E-state index contributed by atoms with van der Waals surface area (Å²) in [6.45, 7) is 1.88. The number of nitrogens with zero attached hydrogens (tertiary/aromatic N) is 1. The first-order valence-electron chi connectivity index (χ1n) is 7.70. The Balaban J connectivity index is 1.54. The lowest BCUT2D eigenvalue weighted by molar-refractivity contribution is -0.145. The molecule has 1 aromatic rings. The third-order valence-corrected chi connectivity index (χ3v) is 3.98. The van der Waals surface area contributed by atoms with Crippen molar-refractivity contribution in [1.82, 2.24) is 10.2 Å². The molecular weight excluding hydrogens is 284 g/mol. The van der Waals surface area contributed by atoms with Crippen LogP contribution in [0.4, 0.5) is 0 Å². The number of amides is 2. The summed E-state index contributed by atoms with van der Waals surface area (Å²) in [5, 5.41) is 2.68. The van der Waals surface area contributed by atoms with Crippen molar-refractivity contribution in [3.05, 3.63) is 23.8 Å². The van der Waals surface area contributed by atoms with Crippen LogP contribution in [0, 0.1) is 0 Å². The van der Waals surface area contributed by atoms with Crippen molar-refractivity contribution in [3.8, 4) is 11.5 Å². The summed E-state index contributed by atoms with van der Waals surface area (Å²) < 4.78 is 10.5. The Labute approximate surface area is 129 Å². The maximum atomic E-state index is 12.1. The lowest BCUT2D eigenvalue weighted by atomic mass is 10.2. The number of likely N-dealkylation sites (tertiary alicyclic amines) is 1. The summed E-state index contributed by atoms with van der Waals surface area (Å²) in [5.41, 5.74) is 0.876.